The van der Waals surface area contributed by atoms with Gasteiger partial charge < -0.3 is 15.5 Å². The van der Waals surface area contributed by atoms with Gasteiger partial charge in [0, 0.05) is 36.9 Å². The van der Waals surface area contributed by atoms with Crippen molar-refractivity contribution in [2.75, 3.05) is 23.3 Å². The second-order valence-corrected chi connectivity index (χ2v) is 9.45. The van der Waals surface area contributed by atoms with Gasteiger partial charge in [0.1, 0.15) is 5.82 Å². The van der Waals surface area contributed by atoms with E-state index >= 15 is 0 Å². The Morgan fingerprint density at radius 1 is 1.09 bits per heavy atom. The Kier molecular flexibility index (Phi) is 9.49. The molecule has 1 atom stereocenters. The molecule has 1 saturated heterocycles. The minimum Gasteiger partial charge on any atom is -0.371 e. The van der Waals surface area contributed by atoms with Gasteiger partial charge >= 0.3 is 0 Å². The first kappa shape index (κ1) is 25.7. The highest BCUT2D eigenvalue weighted by molar-refractivity contribution is 6.02. The van der Waals surface area contributed by atoms with Crippen LogP contribution in [0.25, 0.3) is 0 Å². The molecule has 3 rings (SSSR count). The highest BCUT2D eigenvalue weighted by Crippen LogP contribution is 2.29. The molecule has 1 unspecified atom stereocenters. The van der Waals surface area contributed by atoms with Gasteiger partial charge in [-0.05, 0) is 67.5 Å². The fourth-order valence-electron chi connectivity index (χ4n) is 4.42. The van der Waals surface area contributed by atoms with E-state index in [9.17, 15) is 14.0 Å². The molecule has 1 aliphatic heterocycles. The lowest BCUT2D eigenvalue weighted by molar-refractivity contribution is -0.120. The van der Waals surface area contributed by atoms with E-state index in [4.69, 9.17) is 0 Å². The van der Waals surface area contributed by atoms with Crippen LogP contribution in [0.4, 0.5) is 15.8 Å². The van der Waals surface area contributed by atoms with Crippen LogP contribution < -0.4 is 15.5 Å². The Morgan fingerprint density at radius 3 is 2.44 bits per heavy atom. The van der Waals surface area contributed by atoms with Gasteiger partial charge in [-0.25, -0.2) is 4.39 Å². The number of nitrogens with one attached hydrogen (secondary N) is 2. The molecule has 2 N–H and O–H groups in total. The number of unbranched alkanes of at least 4 members (excludes halogenated alkanes) is 1. The topological polar surface area (TPSA) is 61.4 Å². The molecule has 5 nitrogen and oxygen atoms in total. The van der Waals surface area contributed by atoms with Gasteiger partial charge in [0.2, 0.25) is 5.91 Å². The molecule has 2 aromatic rings. The van der Waals surface area contributed by atoms with Gasteiger partial charge in [-0.1, -0.05) is 45.7 Å². The number of anilines is 2. The number of amides is 2. The maximum Gasteiger partial charge on any atom is 0.253 e. The van der Waals surface area contributed by atoms with Crippen LogP contribution in [0.15, 0.2) is 42.5 Å². The van der Waals surface area contributed by atoms with Crippen molar-refractivity contribution < 1.29 is 14.0 Å². The molecular formula is C28H38FN3O2. The molecule has 1 heterocycles. The molecule has 0 radical (unpaired) electrons. The van der Waals surface area contributed by atoms with E-state index in [0.29, 0.717) is 23.7 Å². The Morgan fingerprint density at radius 2 is 1.79 bits per heavy atom. The van der Waals surface area contributed by atoms with Crippen molar-refractivity contribution in [2.24, 2.45) is 11.8 Å². The van der Waals surface area contributed by atoms with E-state index in [0.717, 1.165) is 62.9 Å². The molecule has 2 aromatic carbocycles. The number of benzene rings is 2. The summed E-state index contributed by atoms with van der Waals surface area (Å²) < 4.78 is 13.2. The molecule has 0 aromatic heterocycles. The van der Waals surface area contributed by atoms with Gasteiger partial charge in [0.05, 0.1) is 5.56 Å². The lowest BCUT2D eigenvalue weighted by Crippen LogP contribution is -2.35. The molecule has 0 spiro atoms. The van der Waals surface area contributed by atoms with Crippen molar-refractivity contribution in [1.82, 2.24) is 5.32 Å². The summed E-state index contributed by atoms with van der Waals surface area (Å²) in [5.74, 6) is 0.156. The van der Waals surface area contributed by atoms with Gasteiger partial charge in [-0.15, -0.1) is 0 Å². The SMILES string of the molecule is CCCCC(CC)C(=O)Nc1ccc(N2CCC(C)CC2)c(C(=O)NCc2ccc(F)cc2)c1. The average Bonchev–Trinajstić information content (AvgIpc) is 2.84. The molecule has 2 amide bonds. The van der Waals surface area contributed by atoms with Crippen LogP contribution >= 0.6 is 0 Å². The number of hydrogen-bond acceptors (Lipinski definition) is 3. The quantitative estimate of drug-likeness (QED) is 0.441. The molecule has 0 saturated carbocycles. The second kappa shape index (κ2) is 12.5. The summed E-state index contributed by atoms with van der Waals surface area (Å²) in [7, 11) is 0. The largest absolute Gasteiger partial charge is 0.371 e. The van der Waals surface area contributed by atoms with Crippen molar-refractivity contribution in [3.05, 3.63) is 59.4 Å². The van der Waals surface area contributed by atoms with Crippen molar-refractivity contribution in [3.63, 3.8) is 0 Å². The minimum atomic E-state index is -0.301. The van der Waals surface area contributed by atoms with Crippen molar-refractivity contribution >= 4 is 23.2 Å². The first-order valence-electron chi connectivity index (χ1n) is 12.6. The normalized spacial score (nSPS) is 15.1. The Labute approximate surface area is 203 Å². The third kappa shape index (κ3) is 7.05. The summed E-state index contributed by atoms with van der Waals surface area (Å²) in [6.45, 7) is 8.53. The second-order valence-electron chi connectivity index (χ2n) is 9.45. The summed E-state index contributed by atoms with van der Waals surface area (Å²) in [4.78, 5) is 28.4. The number of hydrogen-bond donors (Lipinski definition) is 2. The van der Waals surface area contributed by atoms with Crippen LogP contribution in [0.3, 0.4) is 0 Å². The van der Waals surface area contributed by atoms with E-state index in [1.165, 1.54) is 12.1 Å². The number of piperidine rings is 1. The van der Waals surface area contributed by atoms with E-state index in [2.05, 4.69) is 29.4 Å². The van der Waals surface area contributed by atoms with E-state index in [1.807, 2.05) is 19.1 Å². The Balaban J connectivity index is 1.79. The van der Waals surface area contributed by atoms with Crippen molar-refractivity contribution in [2.45, 2.75) is 65.8 Å². The molecule has 1 aliphatic rings. The number of carbonyl (C=O) groups excluding carboxylic acids is 2. The predicted octanol–water partition coefficient (Wildman–Crippen LogP) is 6.15. The molecule has 0 bridgehead atoms. The van der Waals surface area contributed by atoms with E-state index in [-0.39, 0.29) is 23.5 Å². The lowest BCUT2D eigenvalue weighted by Gasteiger charge is -2.33. The molecule has 6 heteroatoms. The summed E-state index contributed by atoms with van der Waals surface area (Å²) in [6.07, 6.45) is 5.92. The Hall–Kier alpha value is -2.89. The first-order valence-corrected chi connectivity index (χ1v) is 12.6. The average molecular weight is 468 g/mol. The van der Waals surface area contributed by atoms with Gasteiger partial charge in [0.15, 0.2) is 0 Å². The minimum absolute atomic E-state index is 0.00756. The standard InChI is InChI=1S/C28H38FN3O2/c1-4-6-7-22(5-2)27(33)31-24-12-13-26(32-16-14-20(3)15-17-32)25(18-24)28(34)30-19-21-8-10-23(29)11-9-21/h8-13,18,20,22H,4-7,14-17,19H2,1-3H3,(H,30,34)(H,31,33). The van der Waals surface area contributed by atoms with E-state index < -0.39 is 0 Å². The van der Waals surface area contributed by atoms with Crippen molar-refractivity contribution in [3.8, 4) is 0 Å². The van der Waals surface area contributed by atoms with Crippen LogP contribution in [0.5, 0.6) is 0 Å². The maximum absolute atomic E-state index is 13.3. The molecule has 34 heavy (non-hydrogen) atoms. The molecular weight excluding hydrogens is 429 g/mol. The zero-order valence-corrected chi connectivity index (χ0v) is 20.7. The van der Waals surface area contributed by atoms with Crippen LogP contribution in [0, 0.1) is 17.7 Å². The highest BCUT2D eigenvalue weighted by atomic mass is 19.1. The predicted molar refractivity (Wildman–Crippen MR) is 137 cm³/mol. The summed E-state index contributed by atoms with van der Waals surface area (Å²) in [5, 5.41) is 6.00. The zero-order chi connectivity index (χ0) is 24.5. The fourth-order valence-corrected chi connectivity index (χ4v) is 4.42. The monoisotopic (exact) mass is 467 g/mol. The third-order valence-electron chi connectivity index (χ3n) is 6.77. The summed E-state index contributed by atoms with van der Waals surface area (Å²) >= 11 is 0. The number of rotatable bonds is 10. The van der Waals surface area contributed by atoms with Crippen LogP contribution in [0.2, 0.25) is 0 Å². The van der Waals surface area contributed by atoms with Gasteiger partial charge in [0.25, 0.3) is 5.91 Å². The number of halogens is 1. The van der Waals surface area contributed by atoms with Crippen LogP contribution in [-0.2, 0) is 11.3 Å². The molecule has 0 aliphatic carbocycles. The third-order valence-corrected chi connectivity index (χ3v) is 6.77. The molecule has 1 fully saturated rings. The summed E-state index contributed by atoms with van der Waals surface area (Å²) in [6, 6.07) is 11.7. The number of nitrogens with zero attached hydrogens (tertiary/aromatic N) is 1. The van der Waals surface area contributed by atoms with Crippen LogP contribution in [-0.4, -0.2) is 24.9 Å². The first-order chi connectivity index (χ1) is 16.4. The maximum atomic E-state index is 13.3. The highest BCUT2D eigenvalue weighted by Gasteiger charge is 2.23. The number of carbonyl (C=O) groups is 2. The fraction of sp³-hybridized carbons (Fsp3) is 0.500. The van der Waals surface area contributed by atoms with E-state index in [1.54, 1.807) is 18.2 Å². The van der Waals surface area contributed by atoms with Gasteiger partial charge in [-0.3, -0.25) is 9.59 Å². The molecule has 184 valence electrons. The summed E-state index contributed by atoms with van der Waals surface area (Å²) in [5.41, 5.74) is 2.91. The van der Waals surface area contributed by atoms with Crippen LogP contribution in [0.1, 0.15) is 75.2 Å². The lowest BCUT2D eigenvalue weighted by atomic mass is 9.97. The van der Waals surface area contributed by atoms with Crippen molar-refractivity contribution in [1.29, 1.82) is 0 Å². The smallest absolute Gasteiger partial charge is 0.253 e. The zero-order valence-electron chi connectivity index (χ0n) is 20.7. The Bertz CT molecular complexity index is 953. The van der Waals surface area contributed by atoms with Gasteiger partial charge in [-0.2, -0.15) is 0 Å².